The fraction of sp³-hybridized carbons (Fsp3) is 0.625. The molecule has 1 heterocycles. The van der Waals surface area contributed by atoms with Crippen LogP contribution in [0.3, 0.4) is 0 Å². The van der Waals surface area contributed by atoms with Crippen molar-refractivity contribution in [2.75, 3.05) is 19.8 Å². The second-order valence-corrected chi connectivity index (χ2v) is 6.57. The van der Waals surface area contributed by atoms with Gasteiger partial charge in [-0.15, -0.1) is 0 Å². The van der Waals surface area contributed by atoms with Crippen molar-refractivity contribution in [1.29, 1.82) is 0 Å². The molecule has 1 aliphatic carbocycles. The minimum absolute atomic E-state index is 0.519. The normalized spacial score (nSPS) is 28.9. The van der Waals surface area contributed by atoms with E-state index < -0.39 is 5.60 Å². The summed E-state index contributed by atoms with van der Waals surface area (Å²) in [5, 5.41) is 14.7. The average molecular weight is 296 g/mol. The molecule has 0 aromatic heterocycles. The fourth-order valence-electron chi connectivity index (χ4n) is 3.08. The van der Waals surface area contributed by atoms with Crippen LogP contribution in [0, 0.1) is 0 Å². The first kappa shape index (κ1) is 14.3. The Balaban J connectivity index is 1.44. The summed E-state index contributed by atoms with van der Waals surface area (Å²) >= 11 is 6.03. The SMILES string of the molecule is OC1(CNC2CC(c3cccc(Cl)c3)C2)CCOCC1. The first-order valence-electron chi connectivity index (χ1n) is 7.44. The predicted octanol–water partition coefficient (Wildman–Crippen LogP) is 2.72. The van der Waals surface area contributed by atoms with Crippen molar-refractivity contribution in [1.82, 2.24) is 5.32 Å². The van der Waals surface area contributed by atoms with Crippen LogP contribution in [0.2, 0.25) is 5.02 Å². The molecule has 0 amide bonds. The van der Waals surface area contributed by atoms with Crippen LogP contribution in [0.15, 0.2) is 24.3 Å². The van der Waals surface area contributed by atoms with Gasteiger partial charge in [-0.05, 0) is 36.5 Å². The molecule has 20 heavy (non-hydrogen) atoms. The number of halogens is 1. The molecule has 1 aromatic carbocycles. The molecule has 1 aliphatic heterocycles. The van der Waals surface area contributed by atoms with E-state index in [1.807, 2.05) is 12.1 Å². The first-order valence-corrected chi connectivity index (χ1v) is 7.81. The maximum Gasteiger partial charge on any atom is 0.0815 e. The minimum atomic E-state index is -0.570. The van der Waals surface area contributed by atoms with Crippen molar-refractivity contribution in [2.24, 2.45) is 0 Å². The van der Waals surface area contributed by atoms with Gasteiger partial charge in [-0.2, -0.15) is 0 Å². The monoisotopic (exact) mass is 295 g/mol. The first-order chi connectivity index (χ1) is 9.65. The average Bonchev–Trinajstić information content (AvgIpc) is 2.38. The molecule has 0 radical (unpaired) electrons. The van der Waals surface area contributed by atoms with Gasteiger partial charge < -0.3 is 15.2 Å². The fourth-order valence-corrected chi connectivity index (χ4v) is 3.28. The highest BCUT2D eigenvalue weighted by molar-refractivity contribution is 6.30. The van der Waals surface area contributed by atoms with E-state index in [-0.39, 0.29) is 0 Å². The molecule has 3 nitrogen and oxygen atoms in total. The van der Waals surface area contributed by atoms with Crippen LogP contribution in [0.1, 0.15) is 37.2 Å². The highest BCUT2D eigenvalue weighted by atomic mass is 35.5. The third kappa shape index (κ3) is 3.34. The molecule has 110 valence electrons. The Kier molecular flexibility index (Phi) is 4.32. The molecule has 1 saturated carbocycles. The third-order valence-corrected chi connectivity index (χ3v) is 4.84. The van der Waals surface area contributed by atoms with Crippen LogP contribution < -0.4 is 5.32 Å². The minimum Gasteiger partial charge on any atom is -0.388 e. The van der Waals surface area contributed by atoms with Gasteiger partial charge in [0.15, 0.2) is 0 Å². The van der Waals surface area contributed by atoms with Gasteiger partial charge >= 0.3 is 0 Å². The van der Waals surface area contributed by atoms with Gasteiger partial charge in [0.25, 0.3) is 0 Å². The zero-order valence-electron chi connectivity index (χ0n) is 11.6. The quantitative estimate of drug-likeness (QED) is 0.897. The summed E-state index contributed by atoms with van der Waals surface area (Å²) in [5.41, 5.74) is 0.764. The Labute approximate surface area is 125 Å². The lowest BCUT2D eigenvalue weighted by atomic mass is 9.75. The number of hydrogen-bond donors (Lipinski definition) is 2. The standard InChI is InChI=1S/C16H22ClNO2/c17-14-3-1-2-12(8-14)13-9-15(10-13)18-11-16(19)4-6-20-7-5-16/h1-3,8,13,15,18-19H,4-7,9-11H2. The summed E-state index contributed by atoms with van der Waals surface area (Å²) in [4.78, 5) is 0. The number of benzene rings is 1. The molecular weight excluding hydrogens is 274 g/mol. The molecule has 0 bridgehead atoms. The second-order valence-electron chi connectivity index (χ2n) is 6.14. The van der Waals surface area contributed by atoms with Crippen molar-refractivity contribution in [3.63, 3.8) is 0 Å². The number of hydrogen-bond acceptors (Lipinski definition) is 3. The molecule has 4 heteroatoms. The Morgan fingerprint density at radius 2 is 2.05 bits per heavy atom. The summed E-state index contributed by atoms with van der Waals surface area (Å²) < 4.78 is 5.30. The summed E-state index contributed by atoms with van der Waals surface area (Å²) in [6.07, 6.45) is 3.74. The zero-order valence-corrected chi connectivity index (χ0v) is 12.4. The van der Waals surface area contributed by atoms with Crippen LogP contribution in [0.4, 0.5) is 0 Å². The van der Waals surface area contributed by atoms with E-state index in [0.717, 1.165) is 30.7 Å². The van der Waals surface area contributed by atoms with Gasteiger partial charge in [0.05, 0.1) is 5.60 Å². The maximum atomic E-state index is 10.4. The Morgan fingerprint density at radius 3 is 2.75 bits per heavy atom. The Hall–Kier alpha value is -0.610. The Morgan fingerprint density at radius 1 is 1.30 bits per heavy atom. The number of ether oxygens (including phenoxy) is 1. The van der Waals surface area contributed by atoms with Gasteiger partial charge in [-0.1, -0.05) is 23.7 Å². The topological polar surface area (TPSA) is 41.5 Å². The van der Waals surface area contributed by atoms with Crippen LogP contribution in [0.25, 0.3) is 0 Å². The summed E-state index contributed by atoms with van der Waals surface area (Å²) in [6, 6.07) is 8.67. The van der Waals surface area contributed by atoms with E-state index in [1.54, 1.807) is 0 Å². The maximum absolute atomic E-state index is 10.4. The van der Waals surface area contributed by atoms with Gasteiger partial charge in [-0.25, -0.2) is 0 Å². The van der Waals surface area contributed by atoms with Gasteiger partial charge in [-0.3, -0.25) is 0 Å². The molecular formula is C16H22ClNO2. The van der Waals surface area contributed by atoms with Gasteiger partial charge in [0, 0.05) is 43.7 Å². The predicted molar refractivity (Wildman–Crippen MR) is 80.2 cm³/mol. The lowest BCUT2D eigenvalue weighted by Crippen LogP contribution is -2.50. The molecule has 2 N–H and O–H groups in total. The van der Waals surface area contributed by atoms with Crippen molar-refractivity contribution in [3.8, 4) is 0 Å². The third-order valence-electron chi connectivity index (χ3n) is 4.60. The van der Waals surface area contributed by atoms with E-state index in [0.29, 0.717) is 31.7 Å². The largest absolute Gasteiger partial charge is 0.388 e. The lowest BCUT2D eigenvalue weighted by Gasteiger charge is -2.40. The van der Waals surface area contributed by atoms with Crippen molar-refractivity contribution in [3.05, 3.63) is 34.9 Å². The van der Waals surface area contributed by atoms with E-state index in [1.165, 1.54) is 5.56 Å². The van der Waals surface area contributed by atoms with Crippen molar-refractivity contribution >= 4 is 11.6 Å². The highest BCUT2D eigenvalue weighted by Gasteiger charge is 2.34. The number of rotatable bonds is 4. The van der Waals surface area contributed by atoms with Crippen LogP contribution >= 0.6 is 11.6 Å². The summed E-state index contributed by atoms with van der Waals surface area (Å²) in [5.74, 6) is 0.607. The molecule has 2 aliphatic rings. The second kappa shape index (κ2) is 6.02. The van der Waals surface area contributed by atoms with Crippen LogP contribution in [-0.4, -0.2) is 36.5 Å². The molecule has 0 spiro atoms. The number of aliphatic hydroxyl groups is 1. The molecule has 3 rings (SSSR count). The summed E-state index contributed by atoms with van der Waals surface area (Å²) in [6.45, 7) is 2.03. The highest BCUT2D eigenvalue weighted by Crippen LogP contribution is 2.37. The van der Waals surface area contributed by atoms with E-state index in [4.69, 9.17) is 16.3 Å². The smallest absolute Gasteiger partial charge is 0.0815 e. The Bertz CT molecular complexity index is 454. The van der Waals surface area contributed by atoms with Crippen LogP contribution in [-0.2, 0) is 4.74 Å². The zero-order chi connectivity index (χ0) is 14.0. The van der Waals surface area contributed by atoms with Crippen LogP contribution in [0.5, 0.6) is 0 Å². The molecule has 0 unspecified atom stereocenters. The van der Waals surface area contributed by atoms with Crippen molar-refractivity contribution in [2.45, 2.75) is 43.2 Å². The molecule has 1 aromatic rings. The number of nitrogens with one attached hydrogen (secondary N) is 1. The van der Waals surface area contributed by atoms with E-state index >= 15 is 0 Å². The summed E-state index contributed by atoms with van der Waals surface area (Å²) in [7, 11) is 0. The van der Waals surface area contributed by atoms with Crippen molar-refractivity contribution < 1.29 is 9.84 Å². The van der Waals surface area contributed by atoms with E-state index in [9.17, 15) is 5.11 Å². The molecule has 1 saturated heterocycles. The van der Waals surface area contributed by atoms with Gasteiger partial charge in [0.2, 0.25) is 0 Å². The van der Waals surface area contributed by atoms with E-state index in [2.05, 4.69) is 17.4 Å². The molecule has 2 fully saturated rings. The lowest BCUT2D eigenvalue weighted by molar-refractivity contribution is -0.0640. The van der Waals surface area contributed by atoms with Gasteiger partial charge in [0.1, 0.15) is 0 Å². The molecule has 0 atom stereocenters.